The summed E-state index contributed by atoms with van der Waals surface area (Å²) in [6, 6.07) is 8.61. The number of hydrogen-bond acceptors (Lipinski definition) is 2. The molecule has 6 heteroatoms. The maximum absolute atomic E-state index is 13.5. The molecule has 0 aromatic heterocycles. The van der Waals surface area contributed by atoms with Gasteiger partial charge in [0, 0.05) is 11.0 Å². The van der Waals surface area contributed by atoms with Crippen molar-refractivity contribution in [2.45, 2.75) is 6.10 Å². The largest absolute Gasteiger partial charge is 0.386 e. The van der Waals surface area contributed by atoms with E-state index in [-0.39, 0.29) is 12.1 Å². The predicted octanol–water partition coefficient (Wildman–Crippen LogP) is 4.53. The second kappa shape index (κ2) is 6.52. The lowest BCUT2D eigenvalue weighted by Gasteiger charge is -2.15. The maximum atomic E-state index is 13.5. The van der Waals surface area contributed by atoms with Crippen LogP contribution in [0.3, 0.4) is 0 Å². The second-order valence-corrected chi connectivity index (χ2v) is 5.48. The van der Waals surface area contributed by atoms with Gasteiger partial charge in [-0.25, -0.2) is 8.78 Å². The van der Waals surface area contributed by atoms with E-state index >= 15 is 0 Å². The van der Waals surface area contributed by atoms with Crippen LogP contribution in [0.2, 0.25) is 5.02 Å². The molecular formula is C14H11BrClF2NO. The average Bonchev–Trinajstić information content (AvgIpc) is 2.39. The summed E-state index contributed by atoms with van der Waals surface area (Å²) in [4.78, 5) is 0. The van der Waals surface area contributed by atoms with Crippen molar-refractivity contribution < 1.29 is 13.9 Å². The molecule has 20 heavy (non-hydrogen) atoms. The Morgan fingerprint density at radius 3 is 2.50 bits per heavy atom. The number of anilines is 1. The summed E-state index contributed by atoms with van der Waals surface area (Å²) < 4.78 is 27.8. The zero-order chi connectivity index (χ0) is 14.7. The lowest BCUT2D eigenvalue weighted by molar-refractivity contribution is 0.181. The van der Waals surface area contributed by atoms with Gasteiger partial charge in [0.1, 0.15) is 17.7 Å². The average molecular weight is 363 g/mol. The third-order valence-electron chi connectivity index (χ3n) is 2.75. The maximum Gasteiger partial charge on any atom is 0.132 e. The molecule has 2 aromatic carbocycles. The summed E-state index contributed by atoms with van der Waals surface area (Å²) >= 11 is 9.27. The minimum absolute atomic E-state index is 0.0615. The normalized spacial score (nSPS) is 12.2. The quantitative estimate of drug-likeness (QED) is 0.838. The molecule has 2 N–H and O–H groups in total. The van der Waals surface area contributed by atoms with Crippen LogP contribution in [-0.2, 0) is 0 Å². The summed E-state index contributed by atoms with van der Waals surface area (Å²) in [5.74, 6) is -1.56. The molecule has 2 rings (SSSR count). The van der Waals surface area contributed by atoms with Crippen LogP contribution in [-0.4, -0.2) is 11.7 Å². The molecule has 1 unspecified atom stereocenters. The Labute approximate surface area is 128 Å². The van der Waals surface area contributed by atoms with Crippen LogP contribution in [0, 0.1) is 11.6 Å². The van der Waals surface area contributed by atoms with Crippen molar-refractivity contribution in [3.8, 4) is 0 Å². The van der Waals surface area contributed by atoms with E-state index in [0.717, 1.165) is 16.6 Å². The second-order valence-electron chi connectivity index (χ2n) is 4.16. The molecule has 1 atom stereocenters. The highest BCUT2D eigenvalue weighted by Gasteiger charge is 2.17. The summed E-state index contributed by atoms with van der Waals surface area (Å²) in [5, 5.41) is 13.2. The van der Waals surface area contributed by atoms with Crippen LogP contribution in [0.4, 0.5) is 14.5 Å². The molecule has 0 saturated heterocycles. The van der Waals surface area contributed by atoms with Crippen LogP contribution < -0.4 is 5.32 Å². The van der Waals surface area contributed by atoms with Gasteiger partial charge in [0.15, 0.2) is 0 Å². The van der Waals surface area contributed by atoms with Crippen LogP contribution in [0.25, 0.3) is 0 Å². The summed E-state index contributed by atoms with van der Waals surface area (Å²) in [6.45, 7) is -0.0615. The minimum Gasteiger partial charge on any atom is -0.386 e. The third-order valence-corrected chi connectivity index (χ3v) is 3.57. The van der Waals surface area contributed by atoms with Gasteiger partial charge in [0.25, 0.3) is 0 Å². The number of aliphatic hydroxyl groups excluding tert-OH is 1. The minimum atomic E-state index is -1.31. The SMILES string of the molecule is OC(CNc1cc(Br)ccc1Cl)c1c(F)cccc1F. The molecule has 0 fully saturated rings. The van der Waals surface area contributed by atoms with Crippen molar-refractivity contribution in [1.82, 2.24) is 0 Å². The van der Waals surface area contributed by atoms with E-state index in [9.17, 15) is 13.9 Å². The Kier molecular flexibility index (Phi) is 4.96. The molecular weight excluding hydrogens is 352 g/mol. The van der Waals surface area contributed by atoms with Crippen molar-refractivity contribution in [2.24, 2.45) is 0 Å². The van der Waals surface area contributed by atoms with E-state index in [2.05, 4.69) is 21.2 Å². The number of halogens is 4. The Bertz CT molecular complexity index is 604. The molecule has 0 radical (unpaired) electrons. The Balaban J connectivity index is 2.13. The number of aliphatic hydroxyl groups is 1. The van der Waals surface area contributed by atoms with Gasteiger partial charge in [0.05, 0.1) is 16.3 Å². The van der Waals surface area contributed by atoms with E-state index in [1.165, 1.54) is 6.07 Å². The van der Waals surface area contributed by atoms with Crippen molar-refractivity contribution in [2.75, 3.05) is 11.9 Å². The first kappa shape index (κ1) is 15.2. The molecule has 0 aliphatic rings. The number of nitrogens with one attached hydrogen (secondary N) is 1. The van der Waals surface area contributed by atoms with Gasteiger partial charge in [-0.1, -0.05) is 33.6 Å². The van der Waals surface area contributed by atoms with Crippen molar-refractivity contribution in [3.63, 3.8) is 0 Å². The molecule has 0 spiro atoms. The summed E-state index contributed by atoms with van der Waals surface area (Å²) in [7, 11) is 0. The first-order valence-electron chi connectivity index (χ1n) is 5.80. The number of benzene rings is 2. The Morgan fingerprint density at radius 1 is 1.20 bits per heavy atom. The van der Waals surface area contributed by atoms with Gasteiger partial charge < -0.3 is 10.4 Å². The first-order valence-corrected chi connectivity index (χ1v) is 6.97. The van der Waals surface area contributed by atoms with Gasteiger partial charge in [0.2, 0.25) is 0 Å². The van der Waals surface area contributed by atoms with Crippen LogP contribution in [0.15, 0.2) is 40.9 Å². The van der Waals surface area contributed by atoms with Gasteiger partial charge in [-0.15, -0.1) is 0 Å². The van der Waals surface area contributed by atoms with Gasteiger partial charge in [-0.2, -0.15) is 0 Å². The molecule has 2 nitrogen and oxygen atoms in total. The molecule has 0 amide bonds. The lowest BCUT2D eigenvalue weighted by Crippen LogP contribution is -2.15. The molecule has 0 bridgehead atoms. The monoisotopic (exact) mass is 361 g/mol. The predicted molar refractivity (Wildman–Crippen MR) is 79.0 cm³/mol. The standard InChI is InChI=1S/C14H11BrClF2NO/c15-8-4-5-9(16)12(6-8)19-7-13(20)14-10(17)2-1-3-11(14)18/h1-6,13,19-20H,7H2. The summed E-state index contributed by atoms with van der Waals surface area (Å²) in [6.07, 6.45) is -1.31. The topological polar surface area (TPSA) is 32.3 Å². The van der Waals surface area contributed by atoms with Crippen LogP contribution in [0.5, 0.6) is 0 Å². The van der Waals surface area contributed by atoms with Crippen molar-refractivity contribution >= 4 is 33.2 Å². The van der Waals surface area contributed by atoms with E-state index in [0.29, 0.717) is 10.7 Å². The molecule has 2 aromatic rings. The third kappa shape index (κ3) is 3.48. The van der Waals surface area contributed by atoms with E-state index in [1.54, 1.807) is 18.2 Å². The van der Waals surface area contributed by atoms with Gasteiger partial charge in [-0.05, 0) is 30.3 Å². The van der Waals surface area contributed by atoms with E-state index in [1.807, 2.05) is 0 Å². The summed E-state index contributed by atoms with van der Waals surface area (Å²) in [5.41, 5.74) is 0.211. The molecule has 106 valence electrons. The van der Waals surface area contributed by atoms with E-state index < -0.39 is 17.7 Å². The Hall–Kier alpha value is -1.17. The number of hydrogen-bond donors (Lipinski definition) is 2. The van der Waals surface area contributed by atoms with Crippen LogP contribution >= 0.6 is 27.5 Å². The van der Waals surface area contributed by atoms with Crippen molar-refractivity contribution in [1.29, 1.82) is 0 Å². The molecule has 0 aliphatic heterocycles. The number of rotatable bonds is 4. The Morgan fingerprint density at radius 2 is 1.85 bits per heavy atom. The zero-order valence-corrected chi connectivity index (χ0v) is 12.5. The van der Waals surface area contributed by atoms with Gasteiger partial charge >= 0.3 is 0 Å². The fourth-order valence-corrected chi connectivity index (χ4v) is 2.32. The smallest absolute Gasteiger partial charge is 0.132 e. The van der Waals surface area contributed by atoms with E-state index in [4.69, 9.17) is 11.6 Å². The first-order chi connectivity index (χ1) is 9.49. The fourth-order valence-electron chi connectivity index (χ4n) is 1.77. The van der Waals surface area contributed by atoms with Crippen molar-refractivity contribution in [3.05, 3.63) is 63.1 Å². The molecule has 0 aliphatic carbocycles. The molecule has 0 saturated carbocycles. The highest BCUT2D eigenvalue weighted by Crippen LogP contribution is 2.27. The zero-order valence-electron chi connectivity index (χ0n) is 10.2. The lowest BCUT2D eigenvalue weighted by atomic mass is 10.1. The van der Waals surface area contributed by atoms with Gasteiger partial charge in [-0.3, -0.25) is 0 Å². The molecule has 0 heterocycles. The fraction of sp³-hybridized carbons (Fsp3) is 0.143. The highest BCUT2D eigenvalue weighted by atomic mass is 79.9. The highest BCUT2D eigenvalue weighted by molar-refractivity contribution is 9.10. The van der Waals surface area contributed by atoms with Crippen LogP contribution in [0.1, 0.15) is 11.7 Å².